The number of likely N-dealkylation sites (N-methyl/N-ethyl adjacent to an activating group) is 1. The van der Waals surface area contributed by atoms with Crippen LogP contribution >= 0.6 is 0 Å². The first kappa shape index (κ1) is 19.8. The highest BCUT2D eigenvalue weighted by Crippen LogP contribution is 2.22. The Morgan fingerprint density at radius 1 is 1.27 bits per heavy atom. The summed E-state index contributed by atoms with van der Waals surface area (Å²) in [6.07, 6.45) is 0.680. The van der Waals surface area contributed by atoms with E-state index in [2.05, 4.69) is 20.7 Å². The first-order valence-electron chi connectivity index (χ1n) is 9.90. The van der Waals surface area contributed by atoms with Crippen LogP contribution in [0.25, 0.3) is 0 Å². The summed E-state index contributed by atoms with van der Waals surface area (Å²) in [6.45, 7) is 4.91. The topological polar surface area (TPSA) is 97.9 Å². The number of carbonyl (C=O) groups excluding carboxylic acids is 2. The quantitative estimate of drug-likeness (QED) is 0.690. The zero-order chi connectivity index (χ0) is 21.4. The van der Waals surface area contributed by atoms with Crippen LogP contribution in [0.1, 0.15) is 49.5 Å². The molecule has 3 heterocycles. The Balaban J connectivity index is 1.49. The summed E-state index contributed by atoms with van der Waals surface area (Å²) in [5.41, 5.74) is 4.46. The van der Waals surface area contributed by atoms with Gasteiger partial charge in [-0.15, -0.1) is 5.10 Å². The standard InChI is InChI=1S/C21H25N7O2/c1-13-16(14(2)27(4)24-13)10-11-26(3)21(30)18-19-20(29)22-17(12-28(19)25-23-18)15-8-6-5-7-9-15/h5-9,17H,10-12H2,1-4H3,(H,22,29)/t17-/m1/s1. The third-order valence-electron chi connectivity index (χ3n) is 5.72. The van der Waals surface area contributed by atoms with E-state index in [1.807, 2.05) is 55.9 Å². The minimum absolute atomic E-state index is 0.0844. The number of hydrogen-bond acceptors (Lipinski definition) is 5. The summed E-state index contributed by atoms with van der Waals surface area (Å²) in [7, 11) is 3.62. The molecule has 0 bridgehead atoms. The lowest BCUT2D eigenvalue weighted by Crippen LogP contribution is -2.40. The van der Waals surface area contributed by atoms with Crippen molar-refractivity contribution in [2.75, 3.05) is 13.6 Å². The summed E-state index contributed by atoms with van der Waals surface area (Å²) in [4.78, 5) is 27.3. The van der Waals surface area contributed by atoms with Crippen molar-refractivity contribution < 1.29 is 9.59 Å². The van der Waals surface area contributed by atoms with Crippen LogP contribution in [-0.2, 0) is 20.0 Å². The molecule has 1 aromatic carbocycles. The van der Waals surface area contributed by atoms with Gasteiger partial charge in [-0.05, 0) is 31.4 Å². The van der Waals surface area contributed by atoms with E-state index in [-0.39, 0.29) is 29.2 Å². The van der Waals surface area contributed by atoms with Gasteiger partial charge in [0.15, 0.2) is 11.4 Å². The van der Waals surface area contributed by atoms with Crippen molar-refractivity contribution in [1.29, 1.82) is 0 Å². The van der Waals surface area contributed by atoms with E-state index in [1.54, 1.807) is 11.9 Å². The maximum absolute atomic E-state index is 13.0. The lowest BCUT2D eigenvalue weighted by molar-refractivity contribution is 0.0777. The smallest absolute Gasteiger partial charge is 0.276 e. The number of benzene rings is 1. The van der Waals surface area contributed by atoms with Crippen LogP contribution in [0.4, 0.5) is 0 Å². The van der Waals surface area contributed by atoms with Crippen molar-refractivity contribution in [3.8, 4) is 0 Å². The highest BCUT2D eigenvalue weighted by molar-refractivity contribution is 6.05. The molecule has 0 saturated heterocycles. The molecule has 3 aromatic rings. The monoisotopic (exact) mass is 407 g/mol. The predicted molar refractivity (Wildman–Crippen MR) is 110 cm³/mol. The van der Waals surface area contributed by atoms with Crippen molar-refractivity contribution in [3.05, 3.63) is 64.2 Å². The van der Waals surface area contributed by atoms with E-state index >= 15 is 0 Å². The van der Waals surface area contributed by atoms with Crippen molar-refractivity contribution in [2.45, 2.75) is 32.9 Å². The Hall–Kier alpha value is -3.49. The molecule has 0 radical (unpaired) electrons. The molecular formula is C21H25N7O2. The van der Waals surface area contributed by atoms with Crippen LogP contribution in [0.5, 0.6) is 0 Å². The minimum Gasteiger partial charge on any atom is -0.342 e. The van der Waals surface area contributed by atoms with Gasteiger partial charge in [-0.2, -0.15) is 5.10 Å². The molecule has 9 nitrogen and oxygen atoms in total. The maximum Gasteiger partial charge on any atom is 0.276 e. The number of nitrogens with one attached hydrogen (secondary N) is 1. The van der Waals surface area contributed by atoms with Crippen LogP contribution in [-0.4, -0.2) is 55.1 Å². The largest absolute Gasteiger partial charge is 0.342 e. The number of nitrogens with zero attached hydrogens (tertiary/aromatic N) is 6. The van der Waals surface area contributed by atoms with Crippen LogP contribution in [0.2, 0.25) is 0 Å². The second kappa shape index (κ2) is 7.74. The van der Waals surface area contributed by atoms with Gasteiger partial charge in [-0.1, -0.05) is 35.5 Å². The minimum atomic E-state index is -0.337. The fraction of sp³-hybridized carbons (Fsp3) is 0.381. The maximum atomic E-state index is 13.0. The Morgan fingerprint density at radius 2 is 2.00 bits per heavy atom. The van der Waals surface area contributed by atoms with Crippen molar-refractivity contribution in [2.24, 2.45) is 7.05 Å². The zero-order valence-corrected chi connectivity index (χ0v) is 17.6. The van der Waals surface area contributed by atoms with E-state index in [0.29, 0.717) is 19.5 Å². The van der Waals surface area contributed by atoms with Gasteiger partial charge in [-0.3, -0.25) is 14.3 Å². The van der Waals surface area contributed by atoms with Gasteiger partial charge in [0, 0.05) is 26.3 Å². The highest BCUT2D eigenvalue weighted by Gasteiger charge is 2.33. The molecule has 9 heteroatoms. The van der Waals surface area contributed by atoms with E-state index in [4.69, 9.17) is 0 Å². The molecule has 30 heavy (non-hydrogen) atoms. The van der Waals surface area contributed by atoms with Gasteiger partial charge in [0.05, 0.1) is 18.3 Å². The molecule has 2 aromatic heterocycles. The molecule has 1 atom stereocenters. The van der Waals surface area contributed by atoms with E-state index in [9.17, 15) is 9.59 Å². The Labute approximate surface area is 174 Å². The fourth-order valence-corrected chi connectivity index (χ4v) is 3.87. The third kappa shape index (κ3) is 3.47. The van der Waals surface area contributed by atoms with E-state index in [0.717, 1.165) is 22.5 Å². The molecule has 2 amide bonds. The van der Waals surface area contributed by atoms with Gasteiger partial charge in [-0.25, -0.2) is 4.68 Å². The molecule has 156 valence electrons. The summed E-state index contributed by atoms with van der Waals surface area (Å²) in [5.74, 6) is -0.653. The molecule has 0 aliphatic carbocycles. The van der Waals surface area contributed by atoms with Crippen LogP contribution < -0.4 is 5.32 Å². The number of hydrogen-bond donors (Lipinski definition) is 1. The Morgan fingerprint density at radius 3 is 2.67 bits per heavy atom. The molecule has 1 aliphatic heterocycles. The molecule has 0 unspecified atom stereocenters. The molecular weight excluding hydrogens is 382 g/mol. The first-order valence-corrected chi connectivity index (χ1v) is 9.90. The number of fused-ring (bicyclic) bond motifs is 1. The molecule has 1 N–H and O–H groups in total. The summed E-state index contributed by atoms with van der Waals surface area (Å²) in [6, 6.07) is 9.48. The summed E-state index contributed by atoms with van der Waals surface area (Å²) < 4.78 is 3.36. The van der Waals surface area contributed by atoms with Crippen molar-refractivity contribution in [1.82, 2.24) is 35.0 Å². The molecule has 0 spiro atoms. The lowest BCUT2D eigenvalue weighted by atomic mass is 10.0. The van der Waals surface area contributed by atoms with Crippen molar-refractivity contribution in [3.63, 3.8) is 0 Å². The Bertz CT molecular complexity index is 1100. The first-order chi connectivity index (χ1) is 14.4. The van der Waals surface area contributed by atoms with Crippen molar-refractivity contribution >= 4 is 11.8 Å². The lowest BCUT2D eigenvalue weighted by Gasteiger charge is -2.25. The number of amides is 2. The number of carbonyl (C=O) groups is 2. The molecule has 0 saturated carbocycles. The van der Waals surface area contributed by atoms with Gasteiger partial charge < -0.3 is 10.2 Å². The second-order valence-electron chi connectivity index (χ2n) is 7.66. The Kier molecular flexibility index (Phi) is 5.11. The average Bonchev–Trinajstić information content (AvgIpc) is 3.27. The van der Waals surface area contributed by atoms with Gasteiger partial charge >= 0.3 is 0 Å². The van der Waals surface area contributed by atoms with Crippen LogP contribution in [0.3, 0.4) is 0 Å². The van der Waals surface area contributed by atoms with Crippen LogP contribution in [0, 0.1) is 13.8 Å². The number of aryl methyl sites for hydroxylation is 2. The normalized spacial score (nSPS) is 15.6. The predicted octanol–water partition coefficient (Wildman–Crippen LogP) is 1.43. The highest BCUT2D eigenvalue weighted by atomic mass is 16.2. The summed E-state index contributed by atoms with van der Waals surface area (Å²) in [5, 5.41) is 15.5. The van der Waals surface area contributed by atoms with E-state index < -0.39 is 0 Å². The molecule has 0 fully saturated rings. The van der Waals surface area contributed by atoms with Crippen LogP contribution in [0.15, 0.2) is 30.3 Å². The molecule has 1 aliphatic rings. The SMILES string of the molecule is Cc1nn(C)c(C)c1CCN(C)C(=O)c1nnn2c1C(=O)N[C@@H](c1ccccc1)C2. The summed E-state index contributed by atoms with van der Waals surface area (Å²) >= 11 is 0. The van der Waals surface area contributed by atoms with E-state index in [1.165, 1.54) is 4.68 Å². The molecule has 4 rings (SSSR count). The number of rotatable bonds is 5. The average molecular weight is 407 g/mol. The number of aromatic nitrogens is 5. The van der Waals surface area contributed by atoms with Gasteiger partial charge in [0.25, 0.3) is 11.8 Å². The van der Waals surface area contributed by atoms with Gasteiger partial charge in [0.2, 0.25) is 0 Å². The van der Waals surface area contributed by atoms with Gasteiger partial charge in [0.1, 0.15) is 0 Å². The fourth-order valence-electron chi connectivity index (χ4n) is 3.87. The third-order valence-corrected chi connectivity index (χ3v) is 5.72. The second-order valence-corrected chi connectivity index (χ2v) is 7.66. The zero-order valence-electron chi connectivity index (χ0n) is 17.6.